The van der Waals surface area contributed by atoms with Crippen molar-refractivity contribution in [2.75, 3.05) is 0 Å². The van der Waals surface area contributed by atoms with Crippen molar-refractivity contribution in [1.82, 2.24) is 0 Å². The Morgan fingerprint density at radius 2 is 1.53 bits per heavy atom. The third kappa shape index (κ3) is 4.63. The van der Waals surface area contributed by atoms with Crippen molar-refractivity contribution in [3.05, 3.63) is 11.1 Å². The van der Waals surface area contributed by atoms with Crippen LogP contribution < -0.4 is 0 Å². The van der Waals surface area contributed by atoms with Gasteiger partial charge in [-0.2, -0.15) is 0 Å². The molecule has 4 heteroatoms. The van der Waals surface area contributed by atoms with Crippen molar-refractivity contribution in [2.24, 2.45) is 0 Å². The molecule has 0 fully saturated rings. The van der Waals surface area contributed by atoms with Crippen molar-refractivity contribution in [3.8, 4) is 0 Å². The van der Waals surface area contributed by atoms with E-state index in [1.165, 1.54) is 0 Å². The van der Waals surface area contributed by atoms with Gasteiger partial charge in [0.25, 0.3) is 0 Å². The highest BCUT2D eigenvalue weighted by atomic mass is 16.4. The molecule has 0 aliphatic rings. The molecule has 4 nitrogen and oxygen atoms in total. The molecule has 15 heavy (non-hydrogen) atoms. The molecule has 0 atom stereocenters. The van der Waals surface area contributed by atoms with E-state index in [1.807, 2.05) is 6.92 Å². The first kappa shape index (κ1) is 13.7. The first-order valence-electron chi connectivity index (χ1n) is 5.23. The van der Waals surface area contributed by atoms with Gasteiger partial charge in [0.15, 0.2) is 0 Å². The summed E-state index contributed by atoms with van der Waals surface area (Å²) in [4.78, 5) is 21.5. The Hall–Kier alpha value is -1.32. The number of carboxylic acids is 2. The minimum atomic E-state index is -1.34. The number of aliphatic carboxylic acids is 2. The number of hydrogen-bond donors (Lipinski definition) is 2. The van der Waals surface area contributed by atoms with Gasteiger partial charge >= 0.3 is 11.9 Å². The smallest absolute Gasteiger partial charge is 0.343 e. The summed E-state index contributed by atoms with van der Waals surface area (Å²) in [5.41, 5.74) is 0.0806. The van der Waals surface area contributed by atoms with Crippen LogP contribution in [0.5, 0.6) is 0 Å². The molecule has 0 bridgehead atoms. The predicted molar refractivity (Wildman–Crippen MR) is 56.7 cm³/mol. The van der Waals surface area contributed by atoms with Gasteiger partial charge in [-0.05, 0) is 24.8 Å². The lowest BCUT2D eigenvalue weighted by Gasteiger charge is -2.07. The number of carbonyl (C=O) groups is 2. The van der Waals surface area contributed by atoms with Crippen molar-refractivity contribution in [1.29, 1.82) is 0 Å². The van der Waals surface area contributed by atoms with Crippen LogP contribution >= 0.6 is 0 Å². The standard InChI is InChI=1S/C11H18O4/c1-3-5-6-7-8(4-2)9(10(12)13)11(14)15/h3-7H2,1-2H3,(H,12,13)(H,14,15). The quantitative estimate of drug-likeness (QED) is 0.295. The zero-order valence-corrected chi connectivity index (χ0v) is 9.25. The number of allylic oxidation sites excluding steroid dienone is 1. The summed E-state index contributed by atoms with van der Waals surface area (Å²) < 4.78 is 0. The molecule has 0 amide bonds. The molecule has 0 unspecified atom stereocenters. The van der Waals surface area contributed by atoms with Gasteiger partial charge in [-0.1, -0.05) is 26.7 Å². The molecule has 2 N–H and O–H groups in total. The van der Waals surface area contributed by atoms with E-state index in [4.69, 9.17) is 10.2 Å². The average molecular weight is 214 g/mol. The second-order valence-corrected chi connectivity index (χ2v) is 3.40. The zero-order chi connectivity index (χ0) is 11.8. The largest absolute Gasteiger partial charge is 0.477 e. The van der Waals surface area contributed by atoms with E-state index in [2.05, 4.69) is 0 Å². The van der Waals surface area contributed by atoms with Gasteiger partial charge in [0.1, 0.15) is 5.57 Å². The molecule has 0 saturated heterocycles. The van der Waals surface area contributed by atoms with E-state index in [-0.39, 0.29) is 0 Å². The summed E-state index contributed by atoms with van der Waals surface area (Å²) in [6.07, 6.45) is 3.93. The molecule has 0 aromatic carbocycles. The van der Waals surface area contributed by atoms with E-state index in [1.54, 1.807) is 6.92 Å². The predicted octanol–water partition coefficient (Wildman–Crippen LogP) is 2.44. The van der Waals surface area contributed by atoms with Gasteiger partial charge < -0.3 is 10.2 Å². The fourth-order valence-electron chi connectivity index (χ4n) is 1.46. The van der Waals surface area contributed by atoms with Crippen LogP contribution in [0.4, 0.5) is 0 Å². The summed E-state index contributed by atoms with van der Waals surface area (Å²) in [7, 11) is 0. The van der Waals surface area contributed by atoms with Crippen molar-refractivity contribution in [3.63, 3.8) is 0 Å². The van der Waals surface area contributed by atoms with Gasteiger partial charge in [-0.15, -0.1) is 0 Å². The zero-order valence-electron chi connectivity index (χ0n) is 9.25. The molecule has 0 rings (SSSR count). The van der Waals surface area contributed by atoms with Gasteiger partial charge in [0, 0.05) is 0 Å². The van der Waals surface area contributed by atoms with E-state index >= 15 is 0 Å². The molecule has 0 aromatic heterocycles. The topological polar surface area (TPSA) is 74.6 Å². The maximum atomic E-state index is 10.7. The molecule has 86 valence electrons. The molecule has 0 saturated carbocycles. The van der Waals surface area contributed by atoms with Gasteiger partial charge in [-0.3, -0.25) is 0 Å². The summed E-state index contributed by atoms with van der Waals surface area (Å²) in [6.45, 7) is 3.83. The molecule has 0 aromatic rings. The van der Waals surface area contributed by atoms with E-state index in [0.717, 1.165) is 19.3 Å². The highest BCUT2D eigenvalue weighted by Crippen LogP contribution is 2.17. The first-order chi connectivity index (χ1) is 7.04. The molecular weight excluding hydrogens is 196 g/mol. The first-order valence-corrected chi connectivity index (χ1v) is 5.23. The van der Waals surface area contributed by atoms with Crippen LogP contribution in [0.25, 0.3) is 0 Å². The number of unbranched alkanes of at least 4 members (excludes halogenated alkanes) is 2. The molecule has 0 aliphatic carbocycles. The van der Waals surface area contributed by atoms with Crippen LogP contribution in [0.15, 0.2) is 11.1 Å². The van der Waals surface area contributed by atoms with Crippen LogP contribution in [-0.4, -0.2) is 22.2 Å². The Labute approximate surface area is 89.6 Å². The Bertz CT molecular complexity index is 250. The molecule has 0 heterocycles. The monoisotopic (exact) mass is 214 g/mol. The van der Waals surface area contributed by atoms with Crippen molar-refractivity contribution in [2.45, 2.75) is 46.0 Å². The van der Waals surface area contributed by atoms with Crippen molar-refractivity contribution < 1.29 is 19.8 Å². The molecular formula is C11H18O4. The summed E-state index contributed by atoms with van der Waals surface area (Å²) in [6, 6.07) is 0. The van der Waals surface area contributed by atoms with Gasteiger partial charge in [0.05, 0.1) is 0 Å². The number of hydrogen-bond acceptors (Lipinski definition) is 2. The van der Waals surface area contributed by atoms with Gasteiger partial charge in [-0.25, -0.2) is 9.59 Å². The number of carboxylic acid groups (broad SMARTS) is 2. The summed E-state index contributed by atoms with van der Waals surface area (Å²) in [5, 5.41) is 17.5. The highest BCUT2D eigenvalue weighted by molar-refractivity contribution is 6.13. The lowest BCUT2D eigenvalue weighted by atomic mass is 9.99. The number of rotatable bonds is 7. The van der Waals surface area contributed by atoms with Gasteiger partial charge in [0.2, 0.25) is 0 Å². The van der Waals surface area contributed by atoms with Crippen molar-refractivity contribution >= 4 is 11.9 Å². The summed E-state index contributed by atoms with van der Waals surface area (Å²) in [5.74, 6) is -2.67. The third-order valence-corrected chi connectivity index (χ3v) is 2.29. The second-order valence-electron chi connectivity index (χ2n) is 3.40. The van der Waals surface area contributed by atoms with Crippen LogP contribution in [0.1, 0.15) is 46.0 Å². The fraction of sp³-hybridized carbons (Fsp3) is 0.636. The minimum Gasteiger partial charge on any atom is -0.477 e. The third-order valence-electron chi connectivity index (χ3n) is 2.29. The highest BCUT2D eigenvalue weighted by Gasteiger charge is 2.20. The maximum Gasteiger partial charge on any atom is 0.343 e. The van der Waals surface area contributed by atoms with Crippen LogP contribution in [-0.2, 0) is 9.59 Å². The van der Waals surface area contributed by atoms with Crippen LogP contribution in [0, 0.1) is 0 Å². The Morgan fingerprint density at radius 1 is 1.00 bits per heavy atom. The maximum absolute atomic E-state index is 10.7. The lowest BCUT2D eigenvalue weighted by Crippen LogP contribution is -2.14. The van der Waals surface area contributed by atoms with Crippen LogP contribution in [0.3, 0.4) is 0 Å². The average Bonchev–Trinajstić information content (AvgIpc) is 2.15. The molecule has 0 aliphatic heterocycles. The summed E-state index contributed by atoms with van der Waals surface area (Å²) >= 11 is 0. The van der Waals surface area contributed by atoms with Crippen LogP contribution in [0.2, 0.25) is 0 Å². The molecule has 0 spiro atoms. The minimum absolute atomic E-state index is 0.450. The van der Waals surface area contributed by atoms with E-state index in [9.17, 15) is 9.59 Å². The Kier molecular flexibility index (Phi) is 6.42. The Balaban J connectivity index is 4.73. The Morgan fingerprint density at radius 3 is 1.87 bits per heavy atom. The SMILES string of the molecule is CCCCCC(CC)=C(C(=O)O)C(=O)O. The lowest BCUT2D eigenvalue weighted by molar-refractivity contribution is -0.140. The second kappa shape index (κ2) is 7.04. The normalized spacial score (nSPS) is 9.73. The van der Waals surface area contributed by atoms with E-state index < -0.39 is 17.5 Å². The fourth-order valence-corrected chi connectivity index (χ4v) is 1.46. The van der Waals surface area contributed by atoms with E-state index in [0.29, 0.717) is 18.4 Å². The molecule has 0 radical (unpaired) electrons.